The first kappa shape index (κ1) is 12.2. The standard InChI is InChI=1S/C13H21N3O/c1-3-9-8-11(14)13(17-2)16-12(9)10-4-6-15-7-5-10/h8,10,15H,3-7,14H2,1-2H3. The molecular weight excluding hydrogens is 214 g/mol. The van der Waals surface area contributed by atoms with Crippen LogP contribution >= 0.6 is 0 Å². The second-order valence-corrected chi connectivity index (χ2v) is 4.51. The molecule has 0 radical (unpaired) electrons. The smallest absolute Gasteiger partial charge is 0.237 e. The van der Waals surface area contributed by atoms with Crippen molar-refractivity contribution in [2.75, 3.05) is 25.9 Å². The lowest BCUT2D eigenvalue weighted by molar-refractivity contribution is 0.391. The number of methoxy groups -OCH3 is 1. The number of rotatable bonds is 3. The minimum atomic E-state index is 0.542. The maximum Gasteiger partial charge on any atom is 0.237 e. The van der Waals surface area contributed by atoms with E-state index < -0.39 is 0 Å². The number of ether oxygens (including phenoxy) is 1. The Kier molecular flexibility index (Phi) is 3.84. The molecule has 0 atom stereocenters. The summed E-state index contributed by atoms with van der Waals surface area (Å²) in [6, 6.07) is 2.02. The second-order valence-electron chi connectivity index (χ2n) is 4.51. The van der Waals surface area contributed by atoms with Gasteiger partial charge in [0.2, 0.25) is 5.88 Å². The van der Waals surface area contributed by atoms with Gasteiger partial charge in [0.15, 0.2) is 0 Å². The van der Waals surface area contributed by atoms with Crippen molar-refractivity contribution in [2.45, 2.75) is 32.1 Å². The monoisotopic (exact) mass is 235 g/mol. The summed E-state index contributed by atoms with van der Waals surface area (Å²) >= 11 is 0. The number of pyridine rings is 1. The zero-order valence-corrected chi connectivity index (χ0v) is 10.6. The molecule has 2 heterocycles. The van der Waals surface area contributed by atoms with Crippen molar-refractivity contribution in [1.29, 1.82) is 0 Å². The fourth-order valence-electron chi connectivity index (χ4n) is 2.46. The summed E-state index contributed by atoms with van der Waals surface area (Å²) in [5.41, 5.74) is 8.99. The number of aromatic nitrogens is 1. The van der Waals surface area contributed by atoms with E-state index in [1.165, 1.54) is 11.3 Å². The fraction of sp³-hybridized carbons (Fsp3) is 0.615. The molecule has 1 aliphatic rings. The van der Waals surface area contributed by atoms with Crippen LogP contribution in [0.25, 0.3) is 0 Å². The first-order valence-electron chi connectivity index (χ1n) is 6.30. The molecule has 3 N–H and O–H groups in total. The zero-order chi connectivity index (χ0) is 12.3. The Balaban J connectivity index is 2.35. The van der Waals surface area contributed by atoms with Gasteiger partial charge in [0.05, 0.1) is 18.5 Å². The van der Waals surface area contributed by atoms with Crippen molar-refractivity contribution >= 4 is 5.69 Å². The summed E-state index contributed by atoms with van der Waals surface area (Å²) in [5.74, 6) is 1.11. The number of nitrogens with one attached hydrogen (secondary N) is 1. The van der Waals surface area contributed by atoms with Crippen LogP contribution in [0.15, 0.2) is 6.07 Å². The minimum absolute atomic E-state index is 0.542. The number of nitrogens with two attached hydrogens (primary N) is 1. The molecule has 0 aromatic carbocycles. The molecule has 0 unspecified atom stereocenters. The largest absolute Gasteiger partial charge is 0.480 e. The van der Waals surface area contributed by atoms with Crippen LogP contribution in [0.1, 0.15) is 36.9 Å². The molecule has 4 nitrogen and oxygen atoms in total. The lowest BCUT2D eigenvalue weighted by Gasteiger charge is -2.24. The maximum atomic E-state index is 5.91. The van der Waals surface area contributed by atoms with E-state index >= 15 is 0 Å². The van der Waals surface area contributed by atoms with E-state index in [9.17, 15) is 0 Å². The Bertz CT molecular complexity index is 386. The van der Waals surface area contributed by atoms with Crippen LogP contribution in [0.3, 0.4) is 0 Å². The van der Waals surface area contributed by atoms with E-state index in [1.807, 2.05) is 6.07 Å². The highest BCUT2D eigenvalue weighted by molar-refractivity contribution is 5.52. The molecule has 94 valence electrons. The zero-order valence-electron chi connectivity index (χ0n) is 10.6. The first-order valence-corrected chi connectivity index (χ1v) is 6.30. The molecule has 1 aliphatic heterocycles. The van der Waals surface area contributed by atoms with Gasteiger partial charge in [0.25, 0.3) is 0 Å². The number of piperidine rings is 1. The average molecular weight is 235 g/mol. The van der Waals surface area contributed by atoms with E-state index in [0.717, 1.165) is 32.4 Å². The van der Waals surface area contributed by atoms with Crippen LogP contribution in [0.4, 0.5) is 5.69 Å². The van der Waals surface area contributed by atoms with Gasteiger partial charge in [0.1, 0.15) is 0 Å². The summed E-state index contributed by atoms with van der Waals surface area (Å²) in [7, 11) is 1.62. The fourth-order valence-corrected chi connectivity index (χ4v) is 2.46. The van der Waals surface area contributed by atoms with E-state index in [2.05, 4.69) is 17.2 Å². The average Bonchev–Trinajstić information content (AvgIpc) is 2.39. The Morgan fingerprint density at radius 3 is 2.76 bits per heavy atom. The molecule has 0 bridgehead atoms. The summed E-state index contributed by atoms with van der Waals surface area (Å²) in [6.07, 6.45) is 3.26. The van der Waals surface area contributed by atoms with Gasteiger partial charge in [-0.2, -0.15) is 0 Å². The summed E-state index contributed by atoms with van der Waals surface area (Å²) < 4.78 is 5.22. The highest BCUT2D eigenvalue weighted by Crippen LogP contribution is 2.31. The van der Waals surface area contributed by atoms with Gasteiger partial charge in [-0.25, -0.2) is 4.98 Å². The van der Waals surface area contributed by atoms with Crippen LogP contribution in [-0.4, -0.2) is 25.2 Å². The van der Waals surface area contributed by atoms with Crippen LogP contribution in [0.2, 0.25) is 0 Å². The lowest BCUT2D eigenvalue weighted by atomic mass is 9.90. The van der Waals surface area contributed by atoms with Gasteiger partial charge in [-0.3, -0.25) is 0 Å². The quantitative estimate of drug-likeness (QED) is 0.837. The van der Waals surface area contributed by atoms with Crippen molar-refractivity contribution in [3.63, 3.8) is 0 Å². The first-order chi connectivity index (χ1) is 8.26. The summed E-state index contributed by atoms with van der Waals surface area (Å²) in [5, 5.41) is 3.38. The number of hydrogen-bond donors (Lipinski definition) is 2. The third kappa shape index (κ3) is 2.52. The van der Waals surface area contributed by atoms with Crippen molar-refractivity contribution in [3.05, 3.63) is 17.3 Å². The van der Waals surface area contributed by atoms with E-state index in [4.69, 9.17) is 10.5 Å². The SMILES string of the molecule is CCc1cc(N)c(OC)nc1C1CCNCC1. The van der Waals surface area contributed by atoms with Crippen molar-refractivity contribution in [1.82, 2.24) is 10.3 Å². The highest BCUT2D eigenvalue weighted by atomic mass is 16.5. The molecule has 1 saturated heterocycles. The topological polar surface area (TPSA) is 60.2 Å². The van der Waals surface area contributed by atoms with E-state index in [-0.39, 0.29) is 0 Å². The minimum Gasteiger partial charge on any atom is -0.480 e. The van der Waals surface area contributed by atoms with E-state index in [1.54, 1.807) is 7.11 Å². The Morgan fingerprint density at radius 2 is 2.18 bits per heavy atom. The predicted molar refractivity (Wildman–Crippen MR) is 69.4 cm³/mol. The van der Waals surface area contributed by atoms with Gasteiger partial charge in [-0.05, 0) is 44.0 Å². The number of anilines is 1. The van der Waals surface area contributed by atoms with Gasteiger partial charge in [-0.15, -0.1) is 0 Å². The maximum absolute atomic E-state index is 5.91. The van der Waals surface area contributed by atoms with Gasteiger partial charge in [0, 0.05) is 5.92 Å². The number of nitrogen functional groups attached to an aromatic ring is 1. The molecule has 0 aliphatic carbocycles. The van der Waals surface area contributed by atoms with Crippen LogP contribution < -0.4 is 15.8 Å². The van der Waals surface area contributed by atoms with Crippen molar-refractivity contribution in [2.24, 2.45) is 0 Å². The molecule has 0 saturated carbocycles. The van der Waals surface area contributed by atoms with Crippen molar-refractivity contribution in [3.8, 4) is 5.88 Å². The van der Waals surface area contributed by atoms with Crippen LogP contribution in [0.5, 0.6) is 5.88 Å². The van der Waals surface area contributed by atoms with Gasteiger partial charge < -0.3 is 15.8 Å². The molecule has 1 aromatic rings. The normalized spacial score (nSPS) is 17.1. The predicted octanol–water partition coefficient (Wildman–Crippen LogP) is 1.70. The number of hydrogen-bond acceptors (Lipinski definition) is 4. The molecule has 0 spiro atoms. The molecular formula is C13H21N3O. The lowest BCUT2D eigenvalue weighted by Crippen LogP contribution is -2.27. The Labute approximate surface area is 103 Å². The molecule has 17 heavy (non-hydrogen) atoms. The van der Waals surface area contributed by atoms with Crippen LogP contribution in [0, 0.1) is 0 Å². The Morgan fingerprint density at radius 1 is 1.47 bits per heavy atom. The molecule has 1 aromatic heterocycles. The molecule has 2 rings (SSSR count). The molecule has 1 fully saturated rings. The Hall–Kier alpha value is -1.29. The molecule has 0 amide bonds. The van der Waals surface area contributed by atoms with Gasteiger partial charge >= 0.3 is 0 Å². The highest BCUT2D eigenvalue weighted by Gasteiger charge is 2.20. The van der Waals surface area contributed by atoms with Crippen molar-refractivity contribution < 1.29 is 4.74 Å². The number of aryl methyl sites for hydroxylation is 1. The third-order valence-electron chi connectivity index (χ3n) is 3.43. The summed E-state index contributed by atoms with van der Waals surface area (Å²) in [6.45, 7) is 4.29. The van der Waals surface area contributed by atoms with Gasteiger partial charge in [-0.1, -0.05) is 6.92 Å². The second kappa shape index (κ2) is 5.36. The van der Waals surface area contributed by atoms with Crippen LogP contribution in [-0.2, 0) is 6.42 Å². The summed E-state index contributed by atoms with van der Waals surface area (Å²) in [4.78, 5) is 4.61. The molecule has 4 heteroatoms. The van der Waals surface area contributed by atoms with E-state index in [0.29, 0.717) is 17.5 Å². The number of nitrogens with zero attached hydrogens (tertiary/aromatic N) is 1. The third-order valence-corrected chi connectivity index (χ3v) is 3.43.